The zero-order valence-electron chi connectivity index (χ0n) is 13.6. The standard InChI is InChI=1S/C18H23NOS2/c1-12(2)18(16-6-5-9-21-16)19-17(20)11-22-15-8-7-13(3)14(4)10-15/h5-10,12,18H,11H2,1-4H3,(H,19,20)/t18-/m0/s1. The van der Waals surface area contributed by atoms with Crippen LogP contribution >= 0.6 is 23.1 Å². The van der Waals surface area contributed by atoms with Crippen molar-refractivity contribution in [1.82, 2.24) is 5.32 Å². The Labute approximate surface area is 141 Å². The lowest BCUT2D eigenvalue weighted by Gasteiger charge is -2.21. The van der Waals surface area contributed by atoms with E-state index in [1.807, 2.05) is 6.07 Å². The summed E-state index contributed by atoms with van der Waals surface area (Å²) in [5.74, 6) is 0.932. The highest BCUT2D eigenvalue weighted by Crippen LogP contribution is 2.26. The average Bonchev–Trinajstić information content (AvgIpc) is 2.99. The zero-order valence-corrected chi connectivity index (χ0v) is 15.2. The summed E-state index contributed by atoms with van der Waals surface area (Å²) in [6, 6.07) is 10.6. The number of carbonyl (C=O) groups is 1. The smallest absolute Gasteiger partial charge is 0.230 e. The van der Waals surface area contributed by atoms with Gasteiger partial charge in [0.05, 0.1) is 11.8 Å². The number of aryl methyl sites for hydroxylation is 2. The second-order valence-electron chi connectivity index (χ2n) is 5.84. The number of carbonyl (C=O) groups excluding carboxylic acids is 1. The van der Waals surface area contributed by atoms with Crippen molar-refractivity contribution in [2.75, 3.05) is 5.75 Å². The van der Waals surface area contributed by atoms with Crippen molar-refractivity contribution in [1.29, 1.82) is 0 Å². The van der Waals surface area contributed by atoms with Crippen molar-refractivity contribution in [3.8, 4) is 0 Å². The number of hydrogen-bond acceptors (Lipinski definition) is 3. The van der Waals surface area contributed by atoms with Gasteiger partial charge in [-0.2, -0.15) is 0 Å². The lowest BCUT2D eigenvalue weighted by Crippen LogP contribution is -2.32. The summed E-state index contributed by atoms with van der Waals surface area (Å²) in [4.78, 5) is 14.6. The van der Waals surface area contributed by atoms with Crippen molar-refractivity contribution in [3.63, 3.8) is 0 Å². The molecule has 1 N–H and O–H groups in total. The third-order valence-corrected chi connectivity index (χ3v) is 5.63. The van der Waals surface area contributed by atoms with E-state index in [0.717, 1.165) is 4.90 Å². The minimum absolute atomic E-state index is 0.0929. The summed E-state index contributed by atoms with van der Waals surface area (Å²) in [6.45, 7) is 8.48. The minimum atomic E-state index is 0.0929. The third-order valence-electron chi connectivity index (χ3n) is 3.68. The first-order valence-corrected chi connectivity index (χ1v) is 9.36. The molecule has 0 saturated heterocycles. The molecule has 0 aliphatic carbocycles. The normalized spacial score (nSPS) is 12.4. The molecular formula is C18H23NOS2. The van der Waals surface area contributed by atoms with Gasteiger partial charge in [-0.15, -0.1) is 23.1 Å². The topological polar surface area (TPSA) is 29.1 Å². The maximum Gasteiger partial charge on any atom is 0.230 e. The Kier molecular flexibility index (Phi) is 6.09. The number of thioether (sulfide) groups is 1. The molecule has 1 aromatic carbocycles. The van der Waals surface area contributed by atoms with Crippen LogP contribution in [-0.4, -0.2) is 11.7 Å². The average molecular weight is 334 g/mol. The molecular weight excluding hydrogens is 310 g/mol. The van der Waals surface area contributed by atoms with Gasteiger partial charge in [0.2, 0.25) is 5.91 Å². The molecule has 0 bridgehead atoms. The van der Waals surface area contributed by atoms with Gasteiger partial charge in [-0.05, 0) is 54.5 Å². The Morgan fingerprint density at radius 3 is 2.59 bits per heavy atom. The molecule has 2 aromatic rings. The molecule has 0 radical (unpaired) electrons. The van der Waals surface area contributed by atoms with Crippen LogP contribution in [0, 0.1) is 19.8 Å². The van der Waals surface area contributed by atoms with Crippen molar-refractivity contribution < 1.29 is 4.79 Å². The van der Waals surface area contributed by atoms with Crippen LogP contribution in [0.5, 0.6) is 0 Å². The largest absolute Gasteiger partial charge is 0.347 e. The first-order chi connectivity index (χ1) is 10.5. The van der Waals surface area contributed by atoms with Crippen LogP contribution < -0.4 is 5.32 Å². The van der Waals surface area contributed by atoms with Gasteiger partial charge in [-0.1, -0.05) is 26.0 Å². The first-order valence-electron chi connectivity index (χ1n) is 7.50. The minimum Gasteiger partial charge on any atom is -0.347 e. The third kappa shape index (κ3) is 4.62. The van der Waals surface area contributed by atoms with Gasteiger partial charge in [0.15, 0.2) is 0 Å². The maximum atomic E-state index is 12.3. The van der Waals surface area contributed by atoms with E-state index < -0.39 is 0 Å². The van der Waals surface area contributed by atoms with Crippen molar-refractivity contribution >= 4 is 29.0 Å². The molecule has 0 spiro atoms. The predicted molar refractivity (Wildman–Crippen MR) is 96.7 cm³/mol. The molecule has 0 saturated carbocycles. The summed E-state index contributed by atoms with van der Waals surface area (Å²) in [5, 5.41) is 5.22. The zero-order chi connectivity index (χ0) is 16.1. The number of benzene rings is 1. The molecule has 1 heterocycles. The molecule has 4 heteroatoms. The fraction of sp³-hybridized carbons (Fsp3) is 0.389. The van der Waals surface area contributed by atoms with Crippen molar-refractivity contribution in [2.45, 2.75) is 38.6 Å². The number of thiophene rings is 1. The van der Waals surface area contributed by atoms with Crippen LogP contribution in [0.1, 0.15) is 35.9 Å². The quantitative estimate of drug-likeness (QED) is 0.756. The Balaban J connectivity index is 1.92. The van der Waals surface area contributed by atoms with E-state index in [1.54, 1.807) is 23.1 Å². The highest BCUT2D eigenvalue weighted by Gasteiger charge is 2.19. The van der Waals surface area contributed by atoms with E-state index in [2.05, 4.69) is 62.7 Å². The monoisotopic (exact) mass is 333 g/mol. The van der Waals surface area contributed by atoms with Gasteiger partial charge in [-0.25, -0.2) is 0 Å². The van der Waals surface area contributed by atoms with Gasteiger partial charge in [0.1, 0.15) is 0 Å². The van der Waals surface area contributed by atoms with Crippen LogP contribution in [0.2, 0.25) is 0 Å². The summed E-state index contributed by atoms with van der Waals surface area (Å²) < 4.78 is 0. The van der Waals surface area contributed by atoms with Gasteiger partial charge in [-0.3, -0.25) is 4.79 Å². The van der Waals surface area contributed by atoms with Crippen LogP contribution in [-0.2, 0) is 4.79 Å². The molecule has 0 aliphatic heterocycles. The molecule has 0 fully saturated rings. The predicted octanol–water partition coefficient (Wildman–Crippen LogP) is 4.97. The first kappa shape index (κ1) is 17.1. The lowest BCUT2D eigenvalue weighted by atomic mass is 10.0. The Bertz CT molecular complexity index is 620. The van der Waals surface area contributed by atoms with Gasteiger partial charge in [0, 0.05) is 9.77 Å². The fourth-order valence-corrected chi connectivity index (χ4v) is 3.96. The summed E-state index contributed by atoms with van der Waals surface area (Å²) >= 11 is 3.29. The molecule has 1 aromatic heterocycles. The fourth-order valence-electron chi connectivity index (χ4n) is 2.20. The van der Waals surface area contributed by atoms with E-state index in [9.17, 15) is 4.79 Å². The van der Waals surface area contributed by atoms with Crippen molar-refractivity contribution in [2.24, 2.45) is 5.92 Å². The summed E-state index contributed by atoms with van der Waals surface area (Å²) in [5.41, 5.74) is 2.55. The summed E-state index contributed by atoms with van der Waals surface area (Å²) in [7, 11) is 0. The van der Waals surface area contributed by atoms with Gasteiger partial charge >= 0.3 is 0 Å². The molecule has 2 nitrogen and oxygen atoms in total. The number of amides is 1. The highest BCUT2D eigenvalue weighted by molar-refractivity contribution is 8.00. The Morgan fingerprint density at radius 1 is 1.23 bits per heavy atom. The molecule has 118 valence electrons. The van der Waals surface area contributed by atoms with Crippen molar-refractivity contribution in [3.05, 3.63) is 51.7 Å². The van der Waals surface area contributed by atoms with Crippen LogP contribution in [0.3, 0.4) is 0 Å². The molecule has 0 aliphatic rings. The maximum absolute atomic E-state index is 12.3. The molecule has 1 amide bonds. The van der Waals surface area contributed by atoms with Gasteiger partial charge in [0.25, 0.3) is 0 Å². The van der Waals surface area contributed by atoms with Crippen LogP contribution in [0.25, 0.3) is 0 Å². The van der Waals surface area contributed by atoms with E-state index in [-0.39, 0.29) is 11.9 Å². The van der Waals surface area contributed by atoms with E-state index >= 15 is 0 Å². The molecule has 0 unspecified atom stereocenters. The van der Waals surface area contributed by atoms with Gasteiger partial charge < -0.3 is 5.32 Å². The van der Waals surface area contributed by atoms with E-state index in [1.165, 1.54) is 16.0 Å². The van der Waals surface area contributed by atoms with E-state index in [0.29, 0.717) is 11.7 Å². The lowest BCUT2D eigenvalue weighted by molar-refractivity contribution is -0.119. The number of nitrogens with one attached hydrogen (secondary N) is 1. The number of hydrogen-bond donors (Lipinski definition) is 1. The Morgan fingerprint density at radius 2 is 2.00 bits per heavy atom. The molecule has 2 rings (SSSR count). The molecule has 1 atom stereocenters. The van der Waals surface area contributed by atoms with Crippen LogP contribution in [0.15, 0.2) is 40.6 Å². The second kappa shape index (κ2) is 7.84. The van der Waals surface area contributed by atoms with Crippen LogP contribution in [0.4, 0.5) is 0 Å². The Hall–Kier alpha value is -1.26. The number of rotatable bonds is 6. The molecule has 22 heavy (non-hydrogen) atoms. The SMILES string of the molecule is Cc1ccc(SCC(=O)N[C@H](c2cccs2)C(C)C)cc1C. The highest BCUT2D eigenvalue weighted by atomic mass is 32.2. The summed E-state index contributed by atoms with van der Waals surface area (Å²) in [6.07, 6.45) is 0. The van der Waals surface area contributed by atoms with E-state index in [4.69, 9.17) is 0 Å². The second-order valence-corrected chi connectivity index (χ2v) is 7.87.